The molecule has 0 radical (unpaired) electrons. The number of benzene rings is 1. The van der Waals surface area contributed by atoms with Gasteiger partial charge in [-0.3, -0.25) is 0 Å². The van der Waals surface area contributed by atoms with Crippen LogP contribution in [0.1, 0.15) is 17.7 Å². The summed E-state index contributed by atoms with van der Waals surface area (Å²) >= 11 is 9.50. The average molecular weight is 418 g/mol. The molecule has 4 aromatic rings. The van der Waals surface area contributed by atoms with Crippen molar-refractivity contribution in [2.75, 3.05) is 5.32 Å². The minimum Gasteiger partial charge on any atom is -0.364 e. The molecule has 126 valence electrons. The van der Waals surface area contributed by atoms with Crippen LogP contribution in [0.4, 0.5) is 5.82 Å². The molecule has 3 aromatic heterocycles. The lowest BCUT2D eigenvalue weighted by atomic mass is 9.91. The molecule has 0 unspecified atom stereocenters. The van der Waals surface area contributed by atoms with Crippen molar-refractivity contribution in [2.24, 2.45) is 0 Å². The maximum atomic E-state index is 6.08. The number of fused-ring (bicyclic) bond motifs is 4. The van der Waals surface area contributed by atoms with Crippen LogP contribution in [-0.2, 0) is 12.8 Å². The number of nitrogens with one attached hydrogen (secondary N) is 2. The highest BCUT2D eigenvalue weighted by molar-refractivity contribution is 9.10. The number of hydrogen-bond acceptors (Lipinski definition) is 4. The van der Waals surface area contributed by atoms with Crippen LogP contribution in [0.2, 0.25) is 5.28 Å². The number of hydrogen-bond donors (Lipinski definition) is 2. The fraction of sp³-hybridized carbons (Fsp3) is 0.235. The van der Waals surface area contributed by atoms with E-state index < -0.39 is 0 Å². The lowest BCUT2D eigenvalue weighted by Gasteiger charge is -2.24. The third-order valence-electron chi connectivity index (χ3n) is 4.73. The normalized spacial score (nSPS) is 17.1. The first-order valence-electron chi connectivity index (χ1n) is 8.11. The Morgan fingerprint density at radius 1 is 1.32 bits per heavy atom. The molecule has 1 aromatic carbocycles. The molecule has 0 aliphatic heterocycles. The Morgan fingerprint density at radius 2 is 2.20 bits per heavy atom. The zero-order valence-electron chi connectivity index (χ0n) is 13.1. The van der Waals surface area contributed by atoms with E-state index in [0.29, 0.717) is 11.5 Å². The molecule has 0 saturated heterocycles. The maximum absolute atomic E-state index is 6.08. The third kappa shape index (κ3) is 2.49. The molecule has 6 nitrogen and oxygen atoms in total. The summed E-state index contributed by atoms with van der Waals surface area (Å²) < 4.78 is 2.40. The van der Waals surface area contributed by atoms with Gasteiger partial charge in [0.05, 0.1) is 6.20 Å². The number of aryl methyl sites for hydroxylation is 1. The van der Waals surface area contributed by atoms with E-state index in [4.69, 9.17) is 11.6 Å². The molecule has 1 aliphatic rings. The summed E-state index contributed by atoms with van der Waals surface area (Å²) in [6.45, 7) is 0. The standard InChI is InChI=1S/C17H14BrClN6/c18-14-8-20-16-15(23-17(19)24-25(14)16)21-9-5-6-13-11(7-9)10-3-1-2-4-12(10)22-13/h1-4,8-9,22H,5-7H2,(H,21,23,24)/t9-/m1/s1. The van der Waals surface area contributed by atoms with Crippen molar-refractivity contribution in [3.8, 4) is 0 Å². The van der Waals surface area contributed by atoms with Crippen molar-refractivity contribution in [2.45, 2.75) is 25.3 Å². The van der Waals surface area contributed by atoms with E-state index in [2.05, 4.69) is 65.6 Å². The highest BCUT2D eigenvalue weighted by atomic mass is 79.9. The Bertz CT molecular complexity index is 1100. The van der Waals surface area contributed by atoms with Gasteiger partial charge >= 0.3 is 0 Å². The summed E-state index contributed by atoms with van der Waals surface area (Å²) in [6, 6.07) is 8.74. The molecule has 1 atom stereocenters. The number of para-hydroxylation sites is 1. The summed E-state index contributed by atoms with van der Waals surface area (Å²) in [5.74, 6) is 0.666. The molecule has 25 heavy (non-hydrogen) atoms. The van der Waals surface area contributed by atoms with Crippen LogP contribution in [0.3, 0.4) is 0 Å². The van der Waals surface area contributed by atoms with Gasteiger partial charge in [0.2, 0.25) is 5.28 Å². The largest absolute Gasteiger partial charge is 0.364 e. The van der Waals surface area contributed by atoms with E-state index in [1.807, 2.05) is 0 Å². The minimum atomic E-state index is 0.192. The zero-order chi connectivity index (χ0) is 17.0. The third-order valence-corrected chi connectivity index (χ3v) is 5.43. The summed E-state index contributed by atoms with van der Waals surface area (Å²) in [5, 5.41) is 9.19. The van der Waals surface area contributed by atoms with Crippen molar-refractivity contribution in [3.05, 3.63) is 51.6 Å². The molecule has 0 bridgehead atoms. The monoisotopic (exact) mass is 416 g/mol. The van der Waals surface area contributed by atoms with Gasteiger partial charge in [-0.1, -0.05) is 18.2 Å². The molecular formula is C17H14BrClN6. The second-order valence-electron chi connectivity index (χ2n) is 6.26. The predicted molar refractivity (Wildman–Crippen MR) is 101 cm³/mol. The van der Waals surface area contributed by atoms with Gasteiger partial charge in [0.1, 0.15) is 4.60 Å². The molecule has 2 N–H and O–H groups in total. The van der Waals surface area contributed by atoms with Crippen molar-refractivity contribution >= 4 is 49.9 Å². The number of aromatic amines is 1. The minimum absolute atomic E-state index is 0.192. The van der Waals surface area contributed by atoms with Crippen LogP contribution in [-0.4, -0.2) is 30.6 Å². The van der Waals surface area contributed by atoms with Gasteiger partial charge in [-0.25, -0.2) is 9.50 Å². The van der Waals surface area contributed by atoms with Crippen LogP contribution >= 0.6 is 27.5 Å². The second kappa shape index (κ2) is 5.71. The number of aromatic nitrogens is 5. The smallest absolute Gasteiger partial charge is 0.243 e. The molecule has 1 aliphatic carbocycles. The van der Waals surface area contributed by atoms with Crippen LogP contribution < -0.4 is 5.32 Å². The summed E-state index contributed by atoms with van der Waals surface area (Å²) in [4.78, 5) is 12.3. The zero-order valence-corrected chi connectivity index (χ0v) is 15.5. The Balaban J connectivity index is 1.50. The van der Waals surface area contributed by atoms with Gasteiger partial charge in [-0.05, 0) is 58.4 Å². The topological polar surface area (TPSA) is 70.9 Å². The number of nitrogens with zero attached hydrogens (tertiary/aromatic N) is 4. The number of anilines is 1. The van der Waals surface area contributed by atoms with Gasteiger partial charge in [-0.15, -0.1) is 5.10 Å². The van der Waals surface area contributed by atoms with E-state index in [-0.39, 0.29) is 11.3 Å². The average Bonchev–Trinajstić information content (AvgIpc) is 3.16. The molecule has 8 heteroatoms. The van der Waals surface area contributed by atoms with Crippen LogP contribution in [0.5, 0.6) is 0 Å². The molecule has 0 amide bonds. The molecule has 0 fully saturated rings. The lowest BCUT2D eigenvalue weighted by Crippen LogP contribution is -2.28. The molecular weight excluding hydrogens is 404 g/mol. The quantitative estimate of drug-likeness (QED) is 0.517. The number of halogens is 2. The van der Waals surface area contributed by atoms with Crippen molar-refractivity contribution in [1.29, 1.82) is 0 Å². The van der Waals surface area contributed by atoms with Crippen molar-refractivity contribution in [3.63, 3.8) is 0 Å². The summed E-state index contributed by atoms with van der Waals surface area (Å²) in [7, 11) is 0. The maximum Gasteiger partial charge on any atom is 0.243 e. The fourth-order valence-electron chi connectivity index (χ4n) is 3.61. The first kappa shape index (κ1) is 15.2. The highest BCUT2D eigenvalue weighted by Gasteiger charge is 2.24. The van der Waals surface area contributed by atoms with Crippen LogP contribution in [0.15, 0.2) is 35.1 Å². The van der Waals surface area contributed by atoms with Gasteiger partial charge in [0.15, 0.2) is 11.5 Å². The van der Waals surface area contributed by atoms with E-state index in [1.54, 1.807) is 10.7 Å². The summed E-state index contributed by atoms with van der Waals surface area (Å²) in [6.07, 6.45) is 4.67. The van der Waals surface area contributed by atoms with Gasteiger partial charge < -0.3 is 10.3 Å². The first-order valence-corrected chi connectivity index (χ1v) is 9.28. The highest BCUT2D eigenvalue weighted by Crippen LogP contribution is 2.30. The van der Waals surface area contributed by atoms with Crippen LogP contribution in [0, 0.1) is 0 Å². The predicted octanol–water partition coefficient (Wildman–Crippen LogP) is 3.99. The van der Waals surface area contributed by atoms with E-state index in [9.17, 15) is 0 Å². The van der Waals surface area contributed by atoms with Gasteiger partial charge in [0, 0.05) is 22.6 Å². The van der Waals surface area contributed by atoms with Crippen molar-refractivity contribution < 1.29 is 0 Å². The van der Waals surface area contributed by atoms with Gasteiger partial charge in [0.25, 0.3) is 0 Å². The van der Waals surface area contributed by atoms with Crippen LogP contribution in [0.25, 0.3) is 16.6 Å². The van der Waals surface area contributed by atoms with E-state index in [0.717, 1.165) is 23.9 Å². The Kier molecular flexibility index (Phi) is 3.46. The Morgan fingerprint density at radius 3 is 3.12 bits per heavy atom. The summed E-state index contributed by atoms with van der Waals surface area (Å²) in [5.41, 5.74) is 4.60. The SMILES string of the molecule is Clc1nc(N[C@@H]2CCc3[nH]c4ccccc4c3C2)c2ncc(Br)n2n1. The number of imidazole rings is 1. The number of H-pyrrole nitrogens is 1. The first-order chi connectivity index (χ1) is 12.2. The second-order valence-corrected chi connectivity index (χ2v) is 7.41. The van der Waals surface area contributed by atoms with Crippen molar-refractivity contribution in [1.82, 2.24) is 24.6 Å². The Labute approximate surface area is 156 Å². The Hall–Kier alpha value is -2.12. The molecule has 0 saturated carbocycles. The van der Waals surface area contributed by atoms with Gasteiger partial charge in [-0.2, -0.15) is 4.98 Å². The molecule has 3 heterocycles. The van der Waals surface area contributed by atoms with E-state index in [1.165, 1.54) is 22.2 Å². The molecule has 0 spiro atoms. The molecule has 5 rings (SSSR count). The lowest BCUT2D eigenvalue weighted by molar-refractivity contribution is 0.605. The fourth-order valence-corrected chi connectivity index (χ4v) is 4.12. The number of rotatable bonds is 2. The van der Waals surface area contributed by atoms with E-state index >= 15 is 0 Å².